The maximum Gasteiger partial charge on any atom is 0.534 e. The van der Waals surface area contributed by atoms with E-state index in [1.165, 1.54) is 6.07 Å². The third-order valence-electron chi connectivity index (χ3n) is 4.92. The zero-order valence-electron chi connectivity index (χ0n) is 13.3. The lowest BCUT2D eigenvalue weighted by molar-refractivity contribution is -0.0500. The Morgan fingerprint density at radius 1 is 1.29 bits per heavy atom. The average Bonchev–Trinajstić information content (AvgIpc) is 2.87. The maximum absolute atomic E-state index is 12.6. The van der Waals surface area contributed by atoms with Crippen molar-refractivity contribution in [2.75, 3.05) is 13.1 Å². The highest BCUT2D eigenvalue weighted by molar-refractivity contribution is 7.88. The van der Waals surface area contributed by atoms with Crippen LogP contribution in [0.1, 0.15) is 30.9 Å². The van der Waals surface area contributed by atoms with Gasteiger partial charge in [0, 0.05) is 6.04 Å². The van der Waals surface area contributed by atoms with Gasteiger partial charge in [-0.2, -0.15) is 21.6 Å². The van der Waals surface area contributed by atoms with Crippen LogP contribution in [-0.4, -0.2) is 38.0 Å². The molecule has 1 aromatic carbocycles. The van der Waals surface area contributed by atoms with Crippen molar-refractivity contribution < 1.29 is 25.8 Å². The molecule has 1 saturated heterocycles. The van der Waals surface area contributed by atoms with Crippen LogP contribution in [0.5, 0.6) is 5.75 Å². The summed E-state index contributed by atoms with van der Waals surface area (Å²) < 4.78 is 64.8. The largest absolute Gasteiger partial charge is 0.534 e. The van der Waals surface area contributed by atoms with E-state index in [2.05, 4.69) is 16.0 Å². The first-order valence-electron chi connectivity index (χ1n) is 8.08. The second kappa shape index (κ2) is 6.22. The predicted octanol–water partition coefficient (Wildman–Crippen LogP) is 3.11. The Morgan fingerprint density at radius 2 is 2.04 bits per heavy atom. The van der Waals surface area contributed by atoms with Crippen LogP contribution in [0, 0.1) is 5.92 Å². The van der Waals surface area contributed by atoms with Crippen LogP contribution >= 0.6 is 0 Å². The molecule has 134 valence electrons. The van der Waals surface area contributed by atoms with Gasteiger partial charge in [-0.1, -0.05) is 19.1 Å². The highest BCUT2D eigenvalue weighted by Gasteiger charge is 2.49. The SMILES string of the molecule is CCCN1CC[C@H]2Cc3c(cccc3OS(=O)(=O)C(F)(F)F)C[C@@H]21. The van der Waals surface area contributed by atoms with Gasteiger partial charge in [0.1, 0.15) is 5.75 Å². The smallest absolute Gasteiger partial charge is 0.376 e. The first-order chi connectivity index (χ1) is 11.2. The van der Waals surface area contributed by atoms with Crippen LogP contribution < -0.4 is 4.18 Å². The van der Waals surface area contributed by atoms with Gasteiger partial charge in [-0.05, 0) is 61.9 Å². The van der Waals surface area contributed by atoms with Crippen molar-refractivity contribution in [1.82, 2.24) is 4.90 Å². The summed E-state index contributed by atoms with van der Waals surface area (Å²) in [6.07, 6.45) is 3.32. The Labute approximate surface area is 139 Å². The summed E-state index contributed by atoms with van der Waals surface area (Å²) in [7, 11) is -5.64. The minimum atomic E-state index is -5.64. The summed E-state index contributed by atoms with van der Waals surface area (Å²) in [6.45, 7) is 4.11. The summed E-state index contributed by atoms with van der Waals surface area (Å²) in [6, 6.07) is 5.09. The van der Waals surface area contributed by atoms with Crippen molar-refractivity contribution >= 4 is 10.1 Å². The molecular weight excluding hydrogens is 343 g/mol. The number of halogens is 3. The van der Waals surface area contributed by atoms with Crippen molar-refractivity contribution in [2.45, 2.75) is 44.2 Å². The van der Waals surface area contributed by atoms with Crippen LogP contribution in [0.4, 0.5) is 13.2 Å². The maximum atomic E-state index is 12.6. The molecule has 1 heterocycles. The van der Waals surface area contributed by atoms with Crippen LogP contribution in [0.15, 0.2) is 18.2 Å². The minimum absolute atomic E-state index is 0.183. The minimum Gasteiger partial charge on any atom is -0.376 e. The molecule has 8 heteroatoms. The van der Waals surface area contributed by atoms with Crippen molar-refractivity contribution in [3.05, 3.63) is 29.3 Å². The number of hydrogen-bond acceptors (Lipinski definition) is 4. The number of alkyl halides is 3. The van der Waals surface area contributed by atoms with E-state index < -0.39 is 15.6 Å². The molecule has 0 saturated carbocycles. The Kier molecular flexibility index (Phi) is 4.55. The van der Waals surface area contributed by atoms with Crippen molar-refractivity contribution in [1.29, 1.82) is 0 Å². The molecule has 0 N–H and O–H groups in total. The molecule has 0 unspecified atom stereocenters. The van der Waals surface area contributed by atoms with Gasteiger partial charge in [-0.3, -0.25) is 4.90 Å². The molecule has 2 aliphatic rings. The number of fused-ring (bicyclic) bond motifs is 2. The van der Waals surface area contributed by atoms with E-state index in [1.54, 1.807) is 6.07 Å². The normalized spacial score (nSPS) is 24.5. The lowest BCUT2D eigenvalue weighted by atomic mass is 9.80. The average molecular weight is 363 g/mol. The summed E-state index contributed by atoms with van der Waals surface area (Å²) in [5.41, 5.74) is -3.93. The molecule has 0 amide bonds. The molecule has 0 spiro atoms. The molecular formula is C16H20F3NO3S. The monoisotopic (exact) mass is 363 g/mol. The number of rotatable bonds is 4. The zero-order valence-corrected chi connectivity index (χ0v) is 14.2. The predicted molar refractivity (Wildman–Crippen MR) is 83.2 cm³/mol. The fourth-order valence-corrected chi connectivity index (χ4v) is 4.34. The quantitative estimate of drug-likeness (QED) is 0.609. The van der Waals surface area contributed by atoms with Gasteiger partial charge in [0.15, 0.2) is 0 Å². The second-order valence-corrected chi connectivity index (χ2v) is 7.98. The first-order valence-corrected chi connectivity index (χ1v) is 9.49. The molecule has 4 nitrogen and oxygen atoms in total. The van der Waals surface area contributed by atoms with E-state index in [1.807, 2.05) is 6.07 Å². The van der Waals surface area contributed by atoms with Gasteiger partial charge in [0.05, 0.1) is 0 Å². The fourth-order valence-electron chi connectivity index (χ4n) is 3.85. The van der Waals surface area contributed by atoms with Crippen molar-refractivity contribution in [2.24, 2.45) is 5.92 Å². The first kappa shape index (κ1) is 17.5. The third kappa shape index (κ3) is 3.13. The molecule has 1 aliphatic carbocycles. The van der Waals surface area contributed by atoms with Crippen LogP contribution in [0.3, 0.4) is 0 Å². The summed E-state index contributed by atoms with van der Waals surface area (Å²) in [5, 5.41) is 0. The zero-order chi connectivity index (χ0) is 17.5. The molecule has 24 heavy (non-hydrogen) atoms. The molecule has 1 aromatic rings. The van der Waals surface area contributed by atoms with Crippen molar-refractivity contribution in [3.63, 3.8) is 0 Å². The topological polar surface area (TPSA) is 46.6 Å². The fraction of sp³-hybridized carbons (Fsp3) is 0.625. The van der Waals surface area contributed by atoms with Gasteiger partial charge in [-0.15, -0.1) is 0 Å². The standard InChI is InChI=1S/C16H20F3NO3S/c1-2-7-20-8-6-12-9-13-11(10-14(12)20)4-3-5-15(13)23-24(21,22)16(17,18)19/h3-5,12,14H,2,6-10H2,1H3/t12-,14-/m0/s1. The molecule has 0 radical (unpaired) electrons. The Morgan fingerprint density at radius 3 is 2.71 bits per heavy atom. The van der Waals surface area contributed by atoms with E-state index in [-0.39, 0.29) is 5.75 Å². The van der Waals surface area contributed by atoms with Crippen LogP contribution in [-0.2, 0) is 23.0 Å². The Balaban J connectivity index is 1.88. The van der Waals surface area contributed by atoms with E-state index >= 15 is 0 Å². The highest BCUT2D eigenvalue weighted by Crippen LogP contribution is 2.40. The summed E-state index contributed by atoms with van der Waals surface area (Å²) in [5.74, 6) is 0.152. The van der Waals surface area contributed by atoms with Gasteiger partial charge in [0.25, 0.3) is 0 Å². The number of hydrogen-bond donors (Lipinski definition) is 0. The molecule has 2 atom stereocenters. The Bertz CT molecular complexity index is 718. The van der Waals surface area contributed by atoms with Crippen LogP contribution in [0.2, 0.25) is 0 Å². The Hall–Kier alpha value is -1.28. The lowest BCUT2D eigenvalue weighted by Crippen LogP contribution is -2.38. The van der Waals surface area contributed by atoms with Gasteiger partial charge < -0.3 is 4.18 Å². The number of benzene rings is 1. The molecule has 1 fully saturated rings. The van der Waals surface area contributed by atoms with Gasteiger partial charge in [0.2, 0.25) is 0 Å². The molecule has 1 aliphatic heterocycles. The summed E-state index contributed by atoms with van der Waals surface area (Å²) in [4.78, 5) is 2.42. The highest BCUT2D eigenvalue weighted by atomic mass is 32.2. The number of likely N-dealkylation sites (tertiary alicyclic amines) is 1. The van der Waals surface area contributed by atoms with E-state index in [0.717, 1.165) is 37.9 Å². The molecule has 0 aromatic heterocycles. The lowest BCUT2D eigenvalue weighted by Gasteiger charge is -2.33. The molecule has 0 bridgehead atoms. The van der Waals surface area contributed by atoms with E-state index in [4.69, 9.17) is 0 Å². The van der Waals surface area contributed by atoms with Crippen LogP contribution in [0.25, 0.3) is 0 Å². The van der Waals surface area contributed by atoms with Gasteiger partial charge >= 0.3 is 15.6 Å². The third-order valence-corrected chi connectivity index (χ3v) is 5.89. The molecule has 3 rings (SSSR count). The number of nitrogens with zero attached hydrogens (tertiary/aromatic N) is 1. The summed E-state index contributed by atoms with van der Waals surface area (Å²) >= 11 is 0. The second-order valence-electron chi connectivity index (χ2n) is 6.44. The van der Waals surface area contributed by atoms with Gasteiger partial charge in [-0.25, -0.2) is 0 Å². The van der Waals surface area contributed by atoms with Crippen molar-refractivity contribution in [3.8, 4) is 5.75 Å². The van der Waals surface area contributed by atoms with E-state index in [9.17, 15) is 21.6 Å². The van der Waals surface area contributed by atoms with E-state index in [0.29, 0.717) is 23.9 Å².